The third-order valence-electron chi connectivity index (χ3n) is 2.92. The second-order valence-corrected chi connectivity index (χ2v) is 6.06. The third kappa shape index (κ3) is 2.93. The number of anilines is 2. The number of nitrogens with zero attached hydrogens (tertiary/aromatic N) is 1. The van der Waals surface area contributed by atoms with Crippen molar-refractivity contribution in [3.8, 4) is 17.0 Å². The van der Waals surface area contributed by atoms with Gasteiger partial charge in [-0.3, -0.25) is 0 Å². The summed E-state index contributed by atoms with van der Waals surface area (Å²) < 4.78 is 6.20. The molecule has 0 bridgehead atoms. The van der Waals surface area contributed by atoms with Crippen LogP contribution in [0.15, 0.2) is 59.5 Å². The quantitative estimate of drug-likeness (QED) is 0.743. The average Bonchev–Trinajstić information content (AvgIpc) is 2.97. The van der Waals surface area contributed by atoms with E-state index < -0.39 is 0 Å². The summed E-state index contributed by atoms with van der Waals surface area (Å²) in [5, 5.41) is 3.36. The Labute approximate surface area is 124 Å². The summed E-state index contributed by atoms with van der Waals surface area (Å²) in [7, 11) is 1.67. The average molecular weight is 329 g/mol. The molecule has 3 aromatic rings. The topological polar surface area (TPSA) is 34.1 Å². The second kappa shape index (κ2) is 5.95. The molecule has 2 aromatic carbocycles. The molecule has 0 fully saturated rings. The van der Waals surface area contributed by atoms with Crippen LogP contribution in [0.2, 0.25) is 0 Å². The van der Waals surface area contributed by atoms with Gasteiger partial charge in [0.15, 0.2) is 0 Å². The zero-order valence-corrected chi connectivity index (χ0v) is 12.8. The number of nitrogens with one attached hydrogen (secondary N) is 1. The first kappa shape index (κ1) is 13.0. The molecule has 0 aliphatic heterocycles. The van der Waals surface area contributed by atoms with E-state index >= 15 is 0 Å². The number of hydrogen-bond acceptors (Lipinski definition) is 3. The standard InChI is InChI=1S/C16H14N2OSe/c1-19-14-9-7-12(8-10-14)15-11-20-16(18-15)17-13-5-3-2-4-6-13/h2-11H,1H3,(H,17,18). The first-order valence-corrected chi connectivity index (χ1v) is 8.12. The van der Waals surface area contributed by atoms with E-state index in [1.807, 2.05) is 54.6 Å². The van der Waals surface area contributed by atoms with Crippen LogP contribution < -0.4 is 10.1 Å². The van der Waals surface area contributed by atoms with Crippen LogP contribution in [-0.4, -0.2) is 26.6 Å². The van der Waals surface area contributed by atoms with Crippen molar-refractivity contribution in [3.05, 3.63) is 59.5 Å². The summed E-state index contributed by atoms with van der Waals surface area (Å²) in [4.78, 5) is 6.86. The summed E-state index contributed by atoms with van der Waals surface area (Å²) >= 11 is 0.255. The van der Waals surface area contributed by atoms with E-state index in [0.29, 0.717) is 0 Å². The monoisotopic (exact) mass is 330 g/mol. The van der Waals surface area contributed by atoms with Crippen molar-refractivity contribution in [1.29, 1.82) is 0 Å². The van der Waals surface area contributed by atoms with Crippen LogP contribution in [0.5, 0.6) is 5.75 Å². The molecule has 0 atom stereocenters. The van der Waals surface area contributed by atoms with Crippen molar-refractivity contribution in [3.63, 3.8) is 0 Å². The summed E-state index contributed by atoms with van der Waals surface area (Å²) in [6.07, 6.45) is 0. The van der Waals surface area contributed by atoms with Crippen LogP contribution in [0, 0.1) is 0 Å². The molecule has 0 saturated heterocycles. The van der Waals surface area contributed by atoms with Crippen molar-refractivity contribution in [1.82, 2.24) is 4.98 Å². The van der Waals surface area contributed by atoms with Gasteiger partial charge in [0.2, 0.25) is 0 Å². The van der Waals surface area contributed by atoms with E-state index in [2.05, 4.69) is 15.2 Å². The molecule has 4 heteroatoms. The molecule has 0 aliphatic rings. The fraction of sp³-hybridized carbons (Fsp3) is 0.0625. The van der Waals surface area contributed by atoms with Crippen LogP contribution in [0.3, 0.4) is 0 Å². The number of benzene rings is 2. The molecule has 0 saturated carbocycles. The number of aromatic nitrogens is 1. The Balaban J connectivity index is 1.79. The number of rotatable bonds is 4. The van der Waals surface area contributed by atoms with Crippen molar-refractivity contribution in [2.24, 2.45) is 0 Å². The molecule has 0 spiro atoms. The molecule has 3 rings (SSSR count). The Morgan fingerprint density at radius 2 is 1.75 bits per heavy atom. The van der Waals surface area contributed by atoms with E-state index in [0.717, 1.165) is 27.4 Å². The van der Waals surface area contributed by atoms with Gasteiger partial charge in [-0.25, -0.2) is 0 Å². The minimum absolute atomic E-state index is 0.255. The molecule has 1 aromatic heterocycles. The molecule has 0 unspecified atom stereocenters. The molecule has 0 aliphatic carbocycles. The number of methoxy groups -OCH3 is 1. The van der Waals surface area contributed by atoms with Gasteiger partial charge >= 0.3 is 124 Å². The van der Waals surface area contributed by atoms with Gasteiger partial charge < -0.3 is 0 Å². The Morgan fingerprint density at radius 1 is 1.00 bits per heavy atom. The van der Waals surface area contributed by atoms with E-state index in [9.17, 15) is 0 Å². The van der Waals surface area contributed by atoms with Crippen molar-refractivity contribution < 1.29 is 4.74 Å². The summed E-state index contributed by atoms with van der Waals surface area (Å²) in [5.74, 6) is 0.865. The first-order chi connectivity index (χ1) is 9.85. The molecule has 20 heavy (non-hydrogen) atoms. The molecular formula is C16H14N2OSe. The normalized spacial score (nSPS) is 10.2. The van der Waals surface area contributed by atoms with Gasteiger partial charge in [-0.1, -0.05) is 0 Å². The maximum absolute atomic E-state index is 5.17. The fourth-order valence-electron chi connectivity index (χ4n) is 1.87. The SMILES string of the molecule is COc1ccc(-c2c[se]c(Nc3ccccc3)n2)cc1. The van der Waals surface area contributed by atoms with Gasteiger partial charge in [-0.05, 0) is 0 Å². The summed E-state index contributed by atoms with van der Waals surface area (Å²) in [6, 6.07) is 18.1. The van der Waals surface area contributed by atoms with Crippen LogP contribution in [0.1, 0.15) is 0 Å². The van der Waals surface area contributed by atoms with Gasteiger partial charge in [0.1, 0.15) is 0 Å². The molecule has 3 nitrogen and oxygen atoms in total. The Kier molecular flexibility index (Phi) is 3.86. The molecule has 0 amide bonds. The summed E-state index contributed by atoms with van der Waals surface area (Å²) in [6.45, 7) is 0. The van der Waals surface area contributed by atoms with E-state index in [-0.39, 0.29) is 14.5 Å². The van der Waals surface area contributed by atoms with Crippen LogP contribution in [0.4, 0.5) is 10.4 Å². The van der Waals surface area contributed by atoms with Crippen LogP contribution >= 0.6 is 0 Å². The van der Waals surface area contributed by atoms with Gasteiger partial charge in [0.05, 0.1) is 0 Å². The van der Waals surface area contributed by atoms with Crippen LogP contribution in [0.25, 0.3) is 11.3 Å². The van der Waals surface area contributed by atoms with Gasteiger partial charge in [0, 0.05) is 0 Å². The zero-order valence-electron chi connectivity index (χ0n) is 11.0. The molecule has 1 heterocycles. The zero-order chi connectivity index (χ0) is 13.8. The predicted octanol–water partition coefficient (Wildman–Crippen LogP) is 3.56. The molecule has 1 N–H and O–H groups in total. The maximum atomic E-state index is 5.17. The number of para-hydroxylation sites is 1. The Morgan fingerprint density at radius 3 is 2.45 bits per heavy atom. The van der Waals surface area contributed by atoms with E-state index in [1.54, 1.807) is 7.11 Å². The van der Waals surface area contributed by atoms with Crippen molar-refractivity contribution in [2.75, 3.05) is 12.4 Å². The second-order valence-electron chi connectivity index (χ2n) is 4.26. The number of ether oxygens (including phenoxy) is 1. The number of hydrogen-bond donors (Lipinski definition) is 1. The van der Waals surface area contributed by atoms with Crippen molar-refractivity contribution >= 4 is 24.9 Å². The van der Waals surface area contributed by atoms with Crippen molar-refractivity contribution in [2.45, 2.75) is 0 Å². The molecular weight excluding hydrogens is 315 g/mol. The van der Waals surface area contributed by atoms with E-state index in [1.165, 1.54) is 0 Å². The van der Waals surface area contributed by atoms with Gasteiger partial charge in [-0.15, -0.1) is 0 Å². The van der Waals surface area contributed by atoms with Gasteiger partial charge in [-0.2, -0.15) is 0 Å². The molecule has 0 radical (unpaired) electrons. The van der Waals surface area contributed by atoms with E-state index in [4.69, 9.17) is 4.74 Å². The van der Waals surface area contributed by atoms with Crippen LogP contribution in [-0.2, 0) is 0 Å². The minimum atomic E-state index is 0.255. The fourth-order valence-corrected chi connectivity index (χ4v) is 3.42. The summed E-state index contributed by atoms with van der Waals surface area (Å²) in [5.41, 5.74) is 3.24. The van der Waals surface area contributed by atoms with Gasteiger partial charge in [0.25, 0.3) is 0 Å². The Hall–Kier alpha value is -2.03. The molecule has 100 valence electrons. The third-order valence-corrected chi connectivity index (χ3v) is 4.50. The Bertz CT molecular complexity index is 677. The predicted molar refractivity (Wildman–Crippen MR) is 82.9 cm³/mol. The first-order valence-electron chi connectivity index (χ1n) is 6.27.